The fourth-order valence-electron chi connectivity index (χ4n) is 1.50. The minimum Gasteiger partial charge on any atom is -0.423 e. The summed E-state index contributed by atoms with van der Waals surface area (Å²) in [5.74, 6) is -0.0895. The number of rotatable bonds is 2. The van der Waals surface area contributed by atoms with Gasteiger partial charge in [0.1, 0.15) is 5.75 Å². The van der Waals surface area contributed by atoms with Crippen LogP contribution in [0.5, 0.6) is 5.75 Å². The van der Waals surface area contributed by atoms with Crippen molar-refractivity contribution in [3.05, 3.63) is 28.2 Å². The molecule has 1 fully saturated rings. The summed E-state index contributed by atoms with van der Waals surface area (Å²) < 4.78 is 10.3. The molecule has 5 heteroatoms. The third-order valence-corrected chi connectivity index (χ3v) is 2.83. The van der Waals surface area contributed by atoms with Crippen LogP contribution in [0.3, 0.4) is 0 Å². The van der Waals surface area contributed by atoms with E-state index >= 15 is 0 Å². The van der Waals surface area contributed by atoms with Crippen molar-refractivity contribution in [1.82, 2.24) is 0 Å². The van der Waals surface area contributed by atoms with Gasteiger partial charge in [-0.3, -0.25) is 0 Å². The van der Waals surface area contributed by atoms with Crippen molar-refractivity contribution in [3.8, 4) is 5.75 Å². The van der Waals surface area contributed by atoms with Crippen molar-refractivity contribution < 1.29 is 14.3 Å². The molecule has 3 nitrogen and oxygen atoms in total. The van der Waals surface area contributed by atoms with Crippen LogP contribution in [-0.2, 0) is 9.53 Å². The Morgan fingerprint density at radius 1 is 1.44 bits per heavy atom. The van der Waals surface area contributed by atoms with E-state index < -0.39 is 12.1 Å². The van der Waals surface area contributed by atoms with Crippen molar-refractivity contribution in [2.24, 2.45) is 0 Å². The lowest BCUT2D eigenvalue weighted by atomic mass is 10.2. The standard InChI is InChI=1S/C11H10Cl2O3/c12-7-3-4-9(8(13)6-7)16-11(14)10-2-1-5-15-10/h3-4,6,10H,1-2,5H2. The second-order valence-electron chi connectivity index (χ2n) is 3.50. The van der Waals surface area contributed by atoms with Crippen molar-refractivity contribution in [3.63, 3.8) is 0 Å². The normalized spacial score (nSPS) is 19.8. The third kappa shape index (κ3) is 2.67. The molecule has 1 saturated heterocycles. The number of carbonyl (C=O) groups excluding carboxylic acids is 1. The second kappa shape index (κ2) is 5.04. The molecule has 0 spiro atoms. The van der Waals surface area contributed by atoms with E-state index in [9.17, 15) is 4.79 Å². The Bertz CT molecular complexity index is 400. The zero-order chi connectivity index (χ0) is 11.5. The molecular weight excluding hydrogens is 251 g/mol. The van der Waals surface area contributed by atoms with Crippen molar-refractivity contribution in [1.29, 1.82) is 0 Å². The molecule has 0 saturated carbocycles. The van der Waals surface area contributed by atoms with Crippen LogP contribution in [0.2, 0.25) is 10.0 Å². The highest BCUT2D eigenvalue weighted by molar-refractivity contribution is 6.35. The number of halogens is 2. The summed E-state index contributed by atoms with van der Waals surface area (Å²) in [4.78, 5) is 11.6. The molecule has 86 valence electrons. The summed E-state index contributed by atoms with van der Waals surface area (Å²) in [6.45, 7) is 0.605. The first-order chi connectivity index (χ1) is 7.66. The van der Waals surface area contributed by atoms with Crippen LogP contribution >= 0.6 is 23.2 Å². The van der Waals surface area contributed by atoms with E-state index in [1.165, 1.54) is 6.07 Å². The zero-order valence-corrected chi connectivity index (χ0v) is 9.92. The predicted octanol–water partition coefficient (Wildman–Crippen LogP) is 3.08. The topological polar surface area (TPSA) is 35.5 Å². The van der Waals surface area contributed by atoms with E-state index in [0.717, 1.165) is 6.42 Å². The Hall–Kier alpha value is -0.770. The van der Waals surface area contributed by atoms with Gasteiger partial charge in [0, 0.05) is 11.6 Å². The van der Waals surface area contributed by atoms with Crippen LogP contribution in [0.15, 0.2) is 18.2 Å². The highest BCUT2D eigenvalue weighted by Crippen LogP contribution is 2.28. The minimum atomic E-state index is -0.466. The molecule has 0 radical (unpaired) electrons. The Kier molecular flexibility index (Phi) is 3.69. The summed E-state index contributed by atoms with van der Waals surface area (Å²) in [6.07, 6.45) is 1.12. The molecule has 16 heavy (non-hydrogen) atoms. The number of ether oxygens (including phenoxy) is 2. The van der Waals surface area contributed by atoms with Gasteiger partial charge in [0.05, 0.1) is 5.02 Å². The summed E-state index contributed by atoms with van der Waals surface area (Å²) in [5, 5.41) is 0.820. The summed E-state index contributed by atoms with van der Waals surface area (Å²) >= 11 is 11.6. The molecule has 2 rings (SSSR count). The van der Waals surface area contributed by atoms with E-state index in [2.05, 4.69) is 0 Å². The van der Waals surface area contributed by atoms with Gasteiger partial charge in [-0.15, -0.1) is 0 Å². The zero-order valence-electron chi connectivity index (χ0n) is 8.41. The van der Waals surface area contributed by atoms with E-state index in [-0.39, 0.29) is 0 Å². The molecule has 1 aromatic carbocycles. The van der Waals surface area contributed by atoms with Gasteiger partial charge in [0.15, 0.2) is 6.10 Å². The molecule has 1 heterocycles. The van der Waals surface area contributed by atoms with E-state index in [0.29, 0.717) is 28.8 Å². The van der Waals surface area contributed by atoms with Gasteiger partial charge in [-0.2, -0.15) is 0 Å². The van der Waals surface area contributed by atoms with Gasteiger partial charge in [-0.05, 0) is 31.0 Å². The van der Waals surface area contributed by atoms with E-state index in [1.54, 1.807) is 12.1 Å². The van der Waals surface area contributed by atoms with E-state index in [1.807, 2.05) is 0 Å². The maximum Gasteiger partial charge on any atom is 0.340 e. The Labute approximate surface area is 103 Å². The quantitative estimate of drug-likeness (QED) is 0.606. The van der Waals surface area contributed by atoms with Gasteiger partial charge < -0.3 is 9.47 Å². The SMILES string of the molecule is O=C(Oc1ccc(Cl)cc1Cl)C1CCCO1. The van der Waals surface area contributed by atoms with Crippen molar-refractivity contribution in [2.75, 3.05) is 6.61 Å². The van der Waals surface area contributed by atoms with Crippen LogP contribution in [0, 0.1) is 0 Å². The van der Waals surface area contributed by atoms with E-state index in [4.69, 9.17) is 32.7 Å². The molecule has 1 atom stereocenters. The fourth-order valence-corrected chi connectivity index (χ4v) is 1.94. The van der Waals surface area contributed by atoms with Crippen molar-refractivity contribution >= 4 is 29.2 Å². The number of hydrogen-bond acceptors (Lipinski definition) is 3. The summed E-state index contributed by atoms with van der Waals surface area (Å²) in [5.41, 5.74) is 0. The largest absolute Gasteiger partial charge is 0.423 e. The molecule has 0 amide bonds. The Morgan fingerprint density at radius 3 is 2.88 bits per heavy atom. The van der Waals surface area contributed by atoms with Crippen LogP contribution in [0.25, 0.3) is 0 Å². The first kappa shape index (κ1) is 11.7. The van der Waals surface area contributed by atoms with Gasteiger partial charge in [0.2, 0.25) is 0 Å². The average molecular weight is 261 g/mol. The molecule has 1 aliphatic heterocycles. The molecular formula is C11H10Cl2O3. The molecule has 0 aliphatic carbocycles. The molecule has 0 bridgehead atoms. The minimum absolute atomic E-state index is 0.312. The third-order valence-electron chi connectivity index (χ3n) is 2.30. The van der Waals surface area contributed by atoms with Crippen LogP contribution in [0.4, 0.5) is 0 Å². The van der Waals surface area contributed by atoms with Crippen molar-refractivity contribution in [2.45, 2.75) is 18.9 Å². The molecule has 1 aliphatic rings. The highest BCUT2D eigenvalue weighted by Gasteiger charge is 2.26. The monoisotopic (exact) mass is 260 g/mol. The molecule has 1 unspecified atom stereocenters. The lowest BCUT2D eigenvalue weighted by Crippen LogP contribution is -2.24. The number of benzene rings is 1. The average Bonchev–Trinajstić information content (AvgIpc) is 2.75. The van der Waals surface area contributed by atoms with Crippen LogP contribution in [-0.4, -0.2) is 18.7 Å². The summed E-state index contributed by atoms with van der Waals surface area (Å²) in [7, 11) is 0. The predicted molar refractivity (Wildman–Crippen MR) is 61.1 cm³/mol. The van der Waals surface area contributed by atoms with Crippen LogP contribution in [0.1, 0.15) is 12.8 Å². The molecule has 0 aromatic heterocycles. The van der Waals surface area contributed by atoms with Crippen LogP contribution < -0.4 is 4.74 Å². The first-order valence-corrected chi connectivity index (χ1v) is 5.71. The first-order valence-electron chi connectivity index (χ1n) is 4.95. The van der Waals surface area contributed by atoms with Gasteiger partial charge >= 0.3 is 5.97 Å². The van der Waals surface area contributed by atoms with Gasteiger partial charge in [0.25, 0.3) is 0 Å². The smallest absolute Gasteiger partial charge is 0.340 e. The summed E-state index contributed by atoms with van der Waals surface area (Å²) in [6, 6.07) is 4.71. The van der Waals surface area contributed by atoms with Gasteiger partial charge in [-0.25, -0.2) is 4.79 Å². The highest BCUT2D eigenvalue weighted by atomic mass is 35.5. The maximum atomic E-state index is 11.6. The lowest BCUT2D eigenvalue weighted by Gasteiger charge is -2.10. The van der Waals surface area contributed by atoms with Gasteiger partial charge in [-0.1, -0.05) is 23.2 Å². The Morgan fingerprint density at radius 2 is 2.25 bits per heavy atom. The molecule has 0 N–H and O–H groups in total. The maximum absolute atomic E-state index is 11.6. The Balaban J connectivity index is 2.05. The number of esters is 1. The lowest BCUT2D eigenvalue weighted by molar-refractivity contribution is -0.144. The second-order valence-corrected chi connectivity index (χ2v) is 4.34. The fraction of sp³-hybridized carbons (Fsp3) is 0.364. The number of hydrogen-bond donors (Lipinski definition) is 0. The number of carbonyl (C=O) groups is 1. The molecule has 1 aromatic rings.